The fourth-order valence-corrected chi connectivity index (χ4v) is 4.26. The van der Waals surface area contributed by atoms with Gasteiger partial charge in [-0.2, -0.15) is 31.6 Å². The van der Waals surface area contributed by atoms with Gasteiger partial charge in [-0.25, -0.2) is 18.8 Å². The van der Waals surface area contributed by atoms with Gasteiger partial charge >= 0.3 is 30.3 Å². The van der Waals surface area contributed by atoms with Crippen molar-refractivity contribution in [1.29, 1.82) is 5.26 Å². The number of alkyl halides is 6. The fraction of sp³-hybridized carbons (Fsp3) is 0.423. The highest BCUT2D eigenvalue weighted by Gasteiger charge is 2.39. The number of aromatic carboxylic acids is 1. The minimum absolute atomic E-state index is 0.294. The van der Waals surface area contributed by atoms with E-state index in [2.05, 4.69) is 11.1 Å². The topological polar surface area (TPSA) is 152 Å². The van der Waals surface area contributed by atoms with Crippen LogP contribution < -0.4 is 4.90 Å². The highest BCUT2D eigenvalue weighted by molar-refractivity contribution is 5.91. The molecule has 1 aliphatic rings. The number of nitriles is 1. The molecule has 1 fully saturated rings. The van der Waals surface area contributed by atoms with Gasteiger partial charge < -0.3 is 20.2 Å². The van der Waals surface area contributed by atoms with Crippen LogP contribution in [0.3, 0.4) is 0 Å². The van der Waals surface area contributed by atoms with Crippen LogP contribution in [0.1, 0.15) is 51.3 Å². The fourth-order valence-electron chi connectivity index (χ4n) is 4.26. The number of hydrogen-bond acceptors (Lipinski definition) is 6. The first kappa shape index (κ1) is 35.6. The number of nitrogens with zero attached hydrogens (tertiary/aromatic N) is 3. The number of pyridine rings is 1. The second kappa shape index (κ2) is 14.5. The van der Waals surface area contributed by atoms with E-state index in [9.17, 15) is 45.9 Å². The second-order valence-corrected chi connectivity index (χ2v) is 9.05. The summed E-state index contributed by atoms with van der Waals surface area (Å²) in [5.41, 5.74) is 4.27. The summed E-state index contributed by atoms with van der Waals surface area (Å²) in [6.07, 6.45) is -7.69. The van der Waals surface area contributed by atoms with E-state index in [1.165, 1.54) is 6.07 Å². The third kappa shape index (κ3) is 9.89. The summed E-state index contributed by atoms with van der Waals surface area (Å²) in [5.74, 6) is -6.45. The van der Waals surface area contributed by atoms with Crippen molar-refractivity contribution in [1.82, 2.24) is 4.98 Å². The number of rotatable bonds is 4. The first-order valence-electron chi connectivity index (χ1n) is 12.0. The highest BCUT2D eigenvalue weighted by atomic mass is 19.4. The Kier molecular flexibility index (Phi) is 12.3. The number of aryl methyl sites for hydroxylation is 2. The SMILES string of the molecule is Cc1nc(C)c(C(=O)O)c(C)c1CC1CCN(c2c(F)cccc2C#N)CC1.O=C(O)C(F)(F)F.O=C(O)C(F)(F)F. The number of aromatic nitrogens is 1. The van der Waals surface area contributed by atoms with Crippen LogP contribution in [0.5, 0.6) is 0 Å². The molecule has 0 unspecified atom stereocenters. The molecule has 16 heteroatoms. The average Bonchev–Trinajstić information content (AvgIpc) is 2.86. The molecule has 3 rings (SSSR count). The Bertz CT molecular complexity index is 1320. The molecule has 0 saturated carbocycles. The molecule has 42 heavy (non-hydrogen) atoms. The maximum Gasteiger partial charge on any atom is 0.490 e. The minimum Gasteiger partial charge on any atom is -0.478 e. The number of benzene rings is 1. The number of para-hydroxylation sites is 1. The van der Waals surface area contributed by atoms with Gasteiger partial charge in [-0.3, -0.25) is 4.98 Å². The molecule has 230 valence electrons. The van der Waals surface area contributed by atoms with Crippen molar-refractivity contribution in [3.05, 3.63) is 57.7 Å². The van der Waals surface area contributed by atoms with Crippen molar-refractivity contribution in [2.45, 2.75) is 52.4 Å². The lowest BCUT2D eigenvalue weighted by Crippen LogP contribution is -2.35. The Hall–Kier alpha value is -4.42. The Morgan fingerprint density at radius 1 is 0.952 bits per heavy atom. The van der Waals surface area contributed by atoms with Gasteiger partial charge in [0.1, 0.15) is 11.9 Å². The van der Waals surface area contributed by atoms with Crippen LogP contribution in [0.4, 0.5) is 36.4 Å². The summed E-state index contributed by atoms with van der Waals surface area (Å²) in [7, 11) is 0. The first-order valence-corrected chi connectivity index (χ1v) is 12.0. The Morgan fingerprint density at radius 2 is 1.43 bits per heavy atom. The summed E-state index contributed by atoms with van der Waals surface area (Å²) >= 11 is 0. The van der Waals surface area contributed by atoms with Gasteiger partial charge in [0, 0.05) is 18.8 Å². The average molecular weight is 609 g/mol. The predicted octanol–water partition coefficient (Wildman–Crippen LogP) is 5.44. The number of carbonyl (C=O) groups is 3. The van der Waals surface area contributed by atoms with E-state index >= 15 is 0 Å². The first-order chi connectivity index (χ1) is 19.2. The molecule has 1 aromatic carbocycles. The third-order valence-corrected chi connectivity index (χ3v) is 6.19. The molecule has 1 saturated heterocycles. The van der Waals surface area contributed by atoms with E-state index in [1.54, 1.807) is 19.1 Å². The number of halogens is 7. The molecule has 3 N–H and O–H groups in total. The highest BCUT2D eigenvalue weighted by Crippen LogP contribution is 2.31. The van der Waals surface area contributed by atoms with Gasteiger partial charge in [0.05, 0.1) is 22.5 Å². The minimum atomic E-state index is -5.08. The summed E-state index contributed by atoms with van der Waals surface area (Å²) in [5, 5.41) is 33.0. The standard InChI is InChI=1S/C22H24FN3O2.2C2HF3O2/c1-13-18(14(2)25-15(3)20(13)22(27)28)11-16-7-9-26(10-8-16)21-17(12-24)5-4-6-19(21)23;2*3-2(4,5)1(6)7/h4-6,16H,7-11H2,1-3H3,(H,27,28);2*(H,6,7). The molecule has 2 heterocycles. The number of aliphatic carboxylic acids is 2. The number of piperidine rings is 1. The monoisotopic (exact) mass is 609 g/mol. The molecule has 0 spiro atoms. The molecule has 2 aromatic rings. The van der Waals surface area contributed by atoms with Crippen molar-refractivity contribution in [3.63, 3.8) is 0 Å². The van der Waals surface area contributed by atoms with E-state index in [-0.39, 0.29) is 5.82 Å². The van der Waals surface area contributed by atoms with Crippen LogP contribution in [0.15, 0.2) is 18.2 Å². The zero-order valence-electron chi connectivity index (χ0n) is 22.4. The maximum absolute atomic E-state index is 14.3. The summed E-state index contributed by atoms with van der Waals surface area (Å²) < 4.78 is 77.7. The van der Waals surface area contributed by atoms with Crippen molar-refractivity contribution in [2.24, 2.45) is 5.92 Å². The predicted molar refractivity (Wildman–Crippen MR) is 133 cm³/mol. The lowest BCUT2D eigenvalue weighted by atomic mass is 9.86. The molecule has 1 aliphatic heterocycles. The summed E-state index contributed by atoms with van der Waals surface area (Å²) in [6.45, 7) is 6.85. The third-order valence-electron chi connectivity index (χ3n) is 6.19. The van der Waals surface area contributed by atoms with Crippen molar-refractivity contribution in [3.8, 4) is 6.07 Å². The molecule has 0 radical (unpaired) electrons. The van der Waals surface area contributed by atoms with E-state index in [0.29, 0.717) is 41.5 Å². The van der Waals surface area contributed by atoms with Crippen LogP contribution in [-0.2, 0) is 16.0 Å². The van der Waals surface area contributed by atoms with Crippen molar-refractivity contribution >= 4 is 23.6 Å². The lowest BCUT2D eigenvalue weighted by Gasteiger charge is -2.34. The molecule has 0 atom stereocenters. The van der Waals surface area contributed by atoms with E-state index in [4.69, 9.17) is 19.8 Å². The molecule has 9 nitrogen and oxygen atoms in total. The molecule has 0 bridgehead atoms. The van der Waals surface area contributed by atoms with E-state index < -0.39 is 30.3 Å². The number of anilines is 1. The molecular weight excluding hydrogens is 583 g/mol. The zero-order chi connectivity index (χ0) is 32.6. The number of carboxylic acid groups (broad SMARTS) is 3. The van der Waals surface area contributed by atoms with E-state index in [1.807, 2.05) is 18.7 Å². The number of hydrogen-bond donors (Lipinski definition) is 3. The second-order valence-electron chi connectivity index (χ2n) is 9.05. The summed E-state index contributed by atoms with van der Waals surface area (Å²) in [6, 6.07) is 6.66. The van der Waals surface area contributed by atoms with Crippen LogP contribution in [0.2, 0.25) is 0 Å². The van der Waals surface area contributed by atoms with Gasteiger partial charge in [0.15, 0.2) is 0 Å². The van der Waals surface area contributed by atoms with Crippen LogP contribution in [0, 0.1) is 43.8 Å². The Balaban J connectivity index is 0.000000522. The number of carboxylic acids is 3. The van der Waals surface area contributed by atoms with Crippen LogP contribution >= 0.6 is 0 Å². The van der Waals surface area contributed by atoms with Crippen LogP contribution in [0.25, 0.3) is 0 Å². The molecule has 0 amide bonds. The Labute approximate surface area is 234 Å². The van der Waals surface area contributed by atoms with Gasteiger partial charge in [-0.05, 0) is 69.2 Å². The molecular formula is C26H26F7N3O6. The van der Waals surface area contributed by atoms with Crippen molar-refractivity contribution < 1.29 is 60.4 Å². The zero-order valence-corrected chi connectivity index (χ0v) is 22.4. The summed E-state index contributed by atoms with van der Waals surface area (Å²) in [4.78, 5) is 35.8. The van der Waals surface area contributed by atoms with E-state index in [0.717, 1.165) is 36.1 Å². The largest absolute Gasteiger partial charge is 0.490 e. The van der Waals surface area contributed by atoms with Gasteiger partial charge in [-0.1, -0.05) is 6.07 Å². The molecule has 0 aliphatic carbocycles. The van der Waals surface area contributed by atoms with Gasteiger partial charge in [-0.15, -0.1) is 0 Å². The van der Waals surface area contributed by atoms with Gasteiger partial charge in [0.25, 0.3) is 0 Å². The maximum atomic E-state index is 14.3. The lowest BCUT2D eigenvalue weighted by molar-refractivity contribution is -0.193. The molecule has 1 aromatic heterocycles. The van der Waals surface area contributed by atoms with Crippen molar-refractivity contribution in [2.75, 3.05) is 18.0 Å². The smallest absolute Gasteiger partial charge is 0.478 e. The van der Waals surface area contributed by atoms with Crippen LogP contribution in [-0.4, -0.2) is 63.7 Å². The van der Waals surface area contributed by atoms with Gasteiger partial charge in [0.2, 0.25) is 0 Å². The normalized spacial score (nSPS) is 13.6. The quantitative estimate of drug-likeness (QED) is 0.385. The Morgan fingerprint density at radius 3 is 1.83 bits per heavy atom.